The Morgan fingerprint density at radius 2 is 2.27 bits per heavy atom. The van der Waals surface area contributed by atoms with E-state index in [1.807, 2.05) is 6.92 Å². The summed E-state index contributed by atoms with van der Waals surface area (Å²) in [6, 6.07) is 4.67. The van der Waals surface area contributed by atoms with Gasteiger partial charge in [0, 0.05) is 30.8 Å². The number of aryl methyl sites for hydroxylation is 1. The molecule has 1 aliphatic heterocycles. The van der Waals surface area contributed by atoms with Crippen LogP contribution in [0.5, 0.6) is 5.75 Å². The monoisotopic (exact) mass is 303 g/mol. The first-order chi connectivity index (χ1) is 10.6. The van der Waals surface area contributed by atoms with Gasteiger partial charge in [-0.05, 0) is 19.4 Å². The quantitative estimate of drug-likeness (QED) is 0.672. The molecule has 1 aromatic carbocycles. The van der Waals surface area contributed by atoms with Gasteiger partial charge < -0.3 is 14.6 Å². The van der Waals surface area contributed by atoms with Gasteiger partial charge in [0.15, 0.2) is 11.6 Å². The maximum Gasteiger partial charge on any atom is 0.311 e. The fourth-order valence-electron chi connectivity index (χ4n) is 2.73. The number of rotatable bonds is 5. The molecule has 1 atom stereocenters. The van der Waals surface area contributed by atoms with E-state index in [1.54, 1.807) is 12.1 Å². The second kappa shape index (κ2) is 5.63. The highest BCUT2D eigenvalue weighted by molar-refractivity contribution is 5.58. The fraction of sp³-hybridized carbons (Fsp3) is 0.429. The average molecular weight is 303 g/mol. The molecule has 3 rings (SSSR count). The third-order valence-corrected chi connectivity index (χ3v) is 3.79. The van der Waals surface area contributed by atoms with Crippen LogP contribution in [0.25, 0.3) is 0 Å². The highest BCUT2D eigenvalue weighted by Gasteiger charge is 2.22. The molecule has 0 unspecified atom stereocenters. The summed E-state index contributed by atoms with van der Waals surface area (Å²) in [7, 11) is 1.42. The molecule has 0 saturated carbocycles. The average Bonchev–Trinajstić information content (AvgIpc) is 3.09. The van der Waals surface area contributed by atoms with Gasteiger partial charge in [-0.15, -0.1) is 10.2 Å². The van der Waals surface area contributed by atoms with Crippen molar-refractivity contribution in [2.75, 3.05) is 12.4 Å². The molecule has 0 aliphatic carbocycles. The highest BCUT2D eigenvalue weighted by Crippen LogP contribution is 2.31. The summed E-state index contributed by atoms with van der Waals surface area (Å²) in [6.45, 7) is 2.93. The molecular weight excluding hydrogens is 286 g/mol. The van der Waals surface area contributed by atoms with Crippen molar-refractivity contribution in [1.82, 2.24) is 14.8 Å². The summed E-state index contributed by atoms with van der Waals surface area (Å²) in [6.07, 6.45) is 2.06. The van der Waals surface area contributed by atoms with Crippen LogP contribution in [0.15, 0.2) is 18.2 Å². The van der Waals surface area contributed by atoms with Crippen molar-refractivity contribution < 1.29 is 9.66 Å². The number of methoxy groups -OCH3 is 1. The van der Waals surface area contributed by atoms with E-state index in [9.17, 15) is 10.1 Å². The third kappa shape index (κ3) is 2.47. The molecule has 116 valence electrons. The number of anilines is 1. The predicted molar refractivity (Wildman–Crippen MR) is 80.0 cm³/mol. The van der Waals surface area contributed by atoms with Crippen molar-refractivity contribution >= 4 is 11.4 Å². The van der Waals surface area contributed by atoms with Crippen LogP contribution in [0.3, 0.4) is 0 Å². The van der Waals surface area contributed by atoms with Gasteiger partial charge in [-0.2, -0.15) is 0 Å². The van der Waals surface area contributed by atoms with Crippen molar-refractivity contribution in [2.24, 2.45) is 0 Å². The van der Waals surface area contributed by atoms with Crippen molar-refractivity contribution in [3.05, 3.63) is 40.0 Å². The number of benzene rings is 1. The number of aromatic nitrogens is 3. The summed E-state index contributed by atoms with van der Waals surface area (Å²) in [4.78, 5) is 10.5. The molecule has 0 radical (unpaired) electrons. The number of hydrogen-bond donors (Lipinski definition) is 1. The van der Waals surface area contributed by atoms with Gasteiger partial charge in [0.2, 0.25) is 0 Å². The second-order valence-corrected chi connectivity index (χ2v) is 5.24. The lowest BCUT2D eigenvalue weighted by atomic mass is 10.2. The van der Waals surface area contributed by atoms with Crippen LogP contribution in [-0.4, -0.2) is 26.8 Å². The van der Waals surface area contributed by atoms with Crippen molar-refractivity contribution in [2.45, 2.75) is 32.4 Å². The molecule has 2 heterocycles. The lowest BCUT2D eigenvalue weighted by Gasteiger charge is -2.15. The minimum atomic E-state index is -0.461. The minimum Gasteiger partial charge on any atom is -0.490 e. The van der Waals surface area contributed by atoms with Crippen LogP contribution in [0.1, 0.15) is 31.0 Å². The molecule has 1 aliphatic rings. The minimum absolute atomic E-state index is 0.0505. The predicted octanol–water partition coefficient (Wildman–Crippen LogP) is 2.31. The van der Waals surface area contributed by atoms with E-state index in [2.05, 4.69) is 20.1 Å². The molecule has 0 saturated heterocycles. The third-order valence-electron chi connectivity index (χ3n) is 3.79. The van der Waals surface area contributed by atoms with Gasteiger partial charge in [-0.1, -0.05) is 0 Å². The van der Waals surface area contributed by atoms with E-state index in [-0.39, 0.29) is 17.5 Å². The number of ether oxygens (including phenoxy) is 1. The van der Waals surface area contributed by atoms with E-state index in [0.717, 1.165) is 36.7 Å². The zero-order valence-corrected chi connectivity index (χ0v) is 12.4. The Morgan fingerprint density at radius 1 is 1.45 bits per heavy atom. The Kier molecular flexibility index (Phi) is 3.66. The van der Waals surface area contributed by atoms with Gasteiger partial charge in [0.05, 0.1) is 18.1 Å². The normalized spacial score (nSPS) is 14.5. The van der Waals surface area contributed by atoms with E-state index in [4.69, 9.17) is 4.74 Å². The second-order valence-electron chi connectivity index (χ2n) is 5.24. The molecule has 8 heteroatoms. The van der Waals surface area contributed by atoms with Crippen LogP contribution in [0.4, 0.5) is 11.4 Å². The first kappa shape index (κ1) is 14.3. The van der Waals surface area contributed by atoms with E-state index in [0.29, 0.717) is 0 Å². The van der Waals surface area contributed by atoms with Gasteiger partial charge in [-0.3, -0.25) is 10.1 Å². The van der Waals surface area contributed by atoms with Gasteiger partial charge in [0.1, 0.15) is 5.82 Å². The largest absolute Gasteiger partial charge is 0.490 e. The van der Waals surface area contributed by atoms with Gasteiger partial charge in [0.25, 0.3) is 0 Å². The molecule has 8 nitrogen and oxygen atoms in total. The Morgan fingerprint density at radius 3 is 3.00 bits per heavy atom. The first-order valence-corrected chi connectivity index (χ1v) is 7.11. The van der Waals surface area contributed by atoms with Crippen LogP contribution < -0.4 is 10.1 Å². The summed E-state index contributed by atoms with van der Waals surface area (Å²) < 4.78 is 7.20. The zero-order valence-electron chi connectivity index (χ0n) is 12.4. The fourth-order valence-corrected chi connectivity index (χ4v) is 2.73. The summed E-state index contributed by atoms with van der Waals surface area (Å²) in [5, 5.41) is 22.6. The summed E-state index contributed by atoms with van der Waals surface area (Å²) >= 11 is 0. The Hall–Kier alpha value is -2.64. The van der Waals surface area contributed by atoms with Gasteiger partial charge >= 0.3 is 5.69 Å². The number of nitro benzene ring substituents is 1. The van der Waals surface area contributed by atoms with Crippen LogP contribution >= 0.6 is 0 Å². The number of nitro groups is 1. The zero-order chi connectivity index (χ0) is 15.7. The van der Waals surface area contributed by atoms with E-state index < -0.39 is 4.92 Å². The number of fused-ring (bicyclic) bond motifs is 1. The maximum absolute atomic E-state index is 10.9. The van der Waals surface area contributed by atoms with Crippen molar-refractivity contribution in [3.8, 4) is 5.75 Å². The van der Waals surface area contributed by atoms with E-state index in [1.165, 1.54) is 13.2 Å². The number of hydrogen-bond acceptors (Lipinski definition) is 6. The smallest absolute Gasteiger partial charge is 0.311 e. The summed E-state index contributed by atoms with van der Waals surface area (Å²) in [5.41, 5.74) is 0.689. The van der Waals surface area contributed by atoms with E-state index >= 15 is 0 Å². The molecule has 0 fully saturated rings. The Labute approximate surface area is 127 Å². The van der Waals surface area contributed by atoms with Crippen molar-refractivity contribution in [3.63, 3.8) is 0 Å². The molecular formula is C14H17N5O3. The molecule has 1 aromatic heterocycles. The first-order valence-electron chi connectivity index (χ1n) is 7.11. The maximum atomic E-state index is 10.9. The SMILES string of the molecule is COc1cc(N[C@H](C)c2nnc3n2CCC3)ccc1[N+](=O)[O-]. The van der Waals surface area contributed by atoms with Gasteiger partial charge in [-0.25, -0.2) is 0 Å². The number of nitrogens with one attached hydrogen (secondary N) is 1. The molecule has 1 N–H and O–H groups in total. The standard InChI is InChI=1S/C14H17N5O3/c1-9(14-17-16-13-4-3-7-18(13)14)15-10-5-6-11(19(20)21)12(8-10)22-2/h5-6,8-9,15H,3-4,7H2,1-2H3/t9-/m1/s1. The molecule has 22 heavy (non-hydrogen) atoms. The topological polar surface area (TPSA) is 95.1 Å². The summed E-state index contributed by atoms with van der Waals surface area (Å²) in [5.74, 6) is 2.13. The van der Waals surface area contributed by atoms with Crippen LogP contribution in [-0.2, 0) is 13.0 Å². The molecule has 2 aromatic rings. The van der Waals surface area contributed by atoms with Crippen molar-refractivity contribution in [1.29, 1.82) is 0 Å². The van der Waals surface area contributed by atoms with Crippen LogP contribution in [0.2, 0.25) is 0 Å². The molecule has 0 spiro atoms. The number of nitrogens with zero attached hydrogens (tertiary/aromatic N) is 4. The highest BCUT2D eigenvalue weighted by atomic mass is 16.6. The lowest BCUT2D eigenvalue weighted by Crippen LogP contribution is -2.13. The molecule has 0 bridgehead atoms. The molecule has 0 amide bonds. The Balaban J connectivity index is 1.82. The Bertz CT molecular complexity index is 712. The lowest BCUT2D eigenvalue weighted by molar-refractivity contribution is -0.385. The van der Waals surface area contributed by atoms with Crippen LogP contribution in [0, 0.1) is 10.1 Å².